The molecule has 0 saturated carbocycles. The van der Waals surface area contributed by atoms with E-state index < -0.39 is 17.4 Å². The van der Waals surface area contributed by atoms with E-state index >= 15 is 0 Å². The molecule has 0 aliphatic heterocycles. The molecule has 1 aromatic rings. The van der Waals surface area contributed by atoms with Crippen LogP contribution in [0.1, 0.15) is 54.6 Å². The second kappa shape index (κ2) is 8.47. The summed E-state index contributed by atoms with van der Waals surface area (Å²) in [6.45, 7) is 7.36. The molecular formula is C18H26N2O4. The van der Waals surface area contributed by atoms with Crippen molar-refractivity contribution in [2.75, 3.05) is 6.54 Å². The number of carboxylic acids is 1. The first-order chi connectivity index (χ1) is 11.2. The highest BCUT2D eigenvalue weighted by atomic mass is 16.4. The van der Waals surface area contributed by atoms with Gasteiger partial charge in [-0.2, -0.15) is 0 Å². The van der Waals surface area contributed by atoms with Crippen molar-refractivity contribution in [2.24, 2.45) is 0 Å². The third kappa shape index (κ3) is 5.37. The molecular weight excluding hydrogens is 308 g/mol. The summed E-state index contributed by atoms with van der Waals surface area (Å²) >= 11 is 0. The van der Waals surface area contributed by atoms with Crippen molar-refractivity contribution in [3.63, 3.8) is 0 Å². The lowest BCUT2D eigenvalue weighted by molar-refractivity contribution is -0.139. The number of aliphatic carboxylic acids is 1. The maximum atomic E-state index is 12.1. The van der Waals surface area contributed by atoms with Gasteiger partial charge in [0.1, 0.15) is 0 Å². The Bertz CT molecular complexity index is 621. The van der Waals surface area contributed by atoms with Gasteiger partial charge >= 0.3 is 5.97 Å². The third-order valence-electron chi connectivity index (χ3n) is 4.43. The van der Waals surface area contributed by atoms with Crippen molar-refractivity contribution in [2.45, 2.75) is 52.5 Å². The first kappa shape index (κ1) is 19.7. The maximum Gasteiger partial charge on any atom is 0.305 e. The fraction of sp³-hybridized carbons (Fsp3) is 0.500. The molecule has 2 amide bonds. The third-order valence-corrected chi connectivity index (χ3v) is 4.43. The van der Waals surface area contributed by atoms with E-state index in [1.54, 1.807) is 12.1 Å². The van der Waals surface area contributed by atoms with Crippen LogP contribution in [-0.4, -0.2) is 35.0 Å². The Balaban J connectivity index is 2.65. The number of nitrogens with one attached hydrogen (secondary N) is 2. The Morgan fingerprint density at radius 1 is 1.08 bits per heavy atom. The van der Waals surface area contributed by atoms with Gasteiger partial charge in [0.2, 0.25) is 5.91 Å². The number of hydrogen-bond donors (Lipinski definition) is 3. The van der Waals surface area contributed by atoms with Gasteiger partial charge in [0.05, 0.1) is 18.5 Å². The van der Waals surface area contributed by atoms with Crippen LogP contribution in [0.2, 0.25) is 0 Å². The van der Waals surface area contributed by atoms with Gasteiger partial charge in [-0.25, -0.2) is 0 Å². The number of carbonyl (C=O) groups excluding carboxylic acids is 2. The molecule has 0 spiro atoms. The molecule has 1 rings (SSSR count). The molecule has 0 atom stereocenters. The lowest BCUT2D eigenvalue weighted by Gasteiger charge is -2.31. The predicted octanol–water partition coefficient (Wildman–Crippen LogP) is 2.18. The van der Waals surface area contributed by atoms with Crippen LogP contribution in [-0.2, 0) is 9.59 Å². The molecule has 0 radical (unpaired) electrons. The summed E-state index contributed by atoms with van der Waals surface area (Å²) in [5, 5.41) is 14.3. The van der Waals surface area contributed by atoms with Gasteiger partial charge in [-0.05, 0) is 49.9 Å². The second-order valence-electron chi connectivity index (χ2n) is 6.09. The number of rotatable bonds is 8. The molecule has 0 aromatic heterocycles. The van der Waals surface area contributed by atoms with E-state index in [2.05, 4.69) is 10.6 Å². The van der Waals surface area contributed by atoms with Crippen molar-refractivity contribution in [3.05, 3.63) is 34.9 Å². The van der Waals surface area contributed by atoms with E-state index in [4.69, 9.17) is 5.11 Å². The molecule has 24 heavy (non-hydrogen) atoms. The van der Waals surface area contributed by atoms with Gasteiger partial charge in [0.25, 0.3) is 5.91 Å². The minimum atomic E-state index is -0.960. The average Bonchev–Trinajstić information content (AvgIpc) is 2.54. The van der Waals surface area contributed by atoms with Crippen LogP contribution in [0.4, 0.5) is 0 Å². The maximum absolute atomic E-state index is 12.1. The van der Waals surface area contributed by atoms with Gasteiger partial charge < -0.3 is 15.7 Å². The number of carbonyl (C=O) groups is 3. The molecule has 0 aliphatic rings. The first-order valence-electron chi connectivity index (χ1n) is 8.11. The topological polar surface area (TPSA) is 95.5 Å². The number of carboxylic acid groups (broad SMARTS) is 1. The van der Waals surface area contributed by atoms with Gasteiger partial charge in [-0.1, -0.05) is 19.9 Å². The molecule has 3 N–H and O–H groups in total. The fourth-order valence-corrected chi connectivity index (χ4v) is 2.50. The quantitative estimate of drug-likeness (QED) is 0.679. The van der Waals surface area contributed by atoms with E-state index in [9.17, 15) is 14.4 Å². The van der Waals surface area contributed by atoms with Gasteiger partial charge in [-0.3, -0.25) is 14.4 Å². The molecule has 1 aromatic carbocycles. The van der Waals surface area contributed by atoms with Gasteiger partial charge in [-0.15, -0.1) is 0 Å². The number of amides is 2. The van der Waals surface area contributed by atoms with Crippen LogP contribution < -0.4 is 10.6 Å². The van der Waals surface area contributed by atoms with Crippen molar-refractivity contribution >= 4 is 17.8 Å². The zero-order valence-electron chi connectivity index (χ0n) is 14.7. The van der Waals surface area contributed by atoms with Crippen molar-refractivity contribution < 1.29 is 19.5 Å². The summed E-state index contributed by atoms with van der Waals surface area (Å²) in [5.74, 6) is -1.68. The standard InChI is InChI=1S/C18H26N2O4/c1-5-18(6-2,10-16(22)23)20-15(21)11-19-17(24)14-8-7-12(3)13(4)9-14/h7-9H,5-6,10-11H2,1-4H3,(H,19,24)(H,20,21)(H,22,23). The zero-order valence-corrected chi connectivity index (χ0v) is 14.7. The molecule has 0 fully saturated rings. The fourth-order valence-electron chi connectivity index (χ4n) is 2.50. The summed E-state index contributed by atoms with van der Waals surface area (Å²) in [4.78, 5) is 35.2. The molecule has 132 valence electrons. The Morgan fingerprint density at radius 2 is 1.71 bits per heavy atom. The van der Waals surface area contributed by atoms with Crippen molar-refractivity contribution in [1.29, 1.82) is 0 Å². The minimum Gasteiger partial charge on any atom is -0.481 e. The van der Waals surface area contributed by atoms with E-state index in [1.807, 2.05) is 33.8 Å². The molecule has 0 saturated heterocycles. The Labute approximate surface area is 142 Å². The number of aryl methyl sites for hydroxylation is 2. The highest BCUT2D eigenvalue weighted by Crippen LogP contribution is 2.19. The van der Waals surface area contributed by atoms with Crippen LogP contribution >= 0.6 is 0 Å². The molecule has 0 bridgehead atoms. The summed E-state index contributed by atoms with van der Waals surface area (Å²) < 4.78 is 0. The Morgan fingerprint density at radius 3 is 2.21 bits per heavy atom. The number of benzene rings is 1. The smallest absolute Gasteiger partial charge is 0.305 e. The molecule has 6 heteroatoms. The lowest BCUT2D eigenvalue weighted by Crippen LogP contribution is -2.52. The number of hydrogen-bond acceptors (Lipinski definition) is 3. The van der Waals surface area contributed by atoms with E-state index in [0.29, 0.717) is 18.4 Å². The van der Waals surface area contributed by atoms with Crippen LogP contribution in [0.5, 0.6) is 0 Å². The summed E-state index contributed by atoms with van der Waals surface area (Å²) in [5.41, 5.74) is 1.81. The molecule has 0 aliphatic carbocycles. The highest BCUT2D eigenvalue weighted by Gasteiger charge is 2.30. The first-order valence-corrected chi connectivity index (χ1v) is 8.11. The molecule has 0 heterocycles. The average molecular weight is 334 g/mol. The normalized spacial score (nSPS) is 11.0. The lowest BCUT2D eigenvalue weighted by atomic mass is 9.89. The van der Waals surface area contributed by atoms with E-state index in [1.165, 1.54) is 0 Å². The van der Waals surface area contributed by atoms with Gasteiger partial charge in [0, 0.05) is 5.56 Å². The summed E-state index contributed by atoms with van der Waals surface area (Å²) in [7, 11) is 0. The van der Waals surface area contributed by atoms with E-state index in [0.717, 1.165) is 11.1 Å². The summed E-state index contributed by atoms with van der Waals surface area (Å²) in [6.07, 6.45) is 0.871. The van der Waals surface area contributed by atoms with Crippen LogP contribution in [0.3, 0.4) is 0 Å². The highest BCUT2D eigenvalue weighted by molar-refractivity contribution is 5.96. The van der Waals surface area contributed by atoms with Crippen molar-refractivity contribution in [3.8, 4) is 0 Å². The van der Waals surface area contributed by atoms with Crippen LogP contribution in [0.25, 0.3) is 0 Å². The van der Waals surface area contributed by atoms with Crippen LogP contribution in [0, 0.1) is 13.8 Å². The van der Waals surface area contributed by atoms with Crippen molar-refractivity contribution in [1.82, 2.24) is 10.6 Å². The SMILES string of the molecule is CCC(CC)(CC(=O)O)NC(=O)CNC(=O)c1ccc(C)c(C)c1. The molecule has 6 nitrogen and oxygen atoms in total. The zero-order chi connectivity index (χ0) is 18.3. The second-order valence-corrected chi connectivity index (χ2v) is 6.09. The monoisotopic (exact) mass is 334 g/mol. The largest absolute Gasteiger partial charge is 0.481 e. The molecule has 0 unspecified atom stereocenters. The predicted molar refractivity (Wildman–Crippen MR) is 92.0 cm³/mol. The Kier molecular flexibility index (Phi) is 6.95. The van der Waals surface area contributed by atoms with Crippen LogP contribution in [0.15, 0.2) is 18.2 Å². The summed E-state index contributed by atoms with van der Waals surface area (Å²) in [6, 6.07) is 5.34. The van der Waals surface area contributed by atoms with Gasteiger partial charge in [0.15, 0.2) is 0 Å². The van der Waals surface area contributed by atoms with E-state index in [-0.39, 0.29) is 18.9 Å². The minimum absolute atomic E-state index is 0.142. The Hall–Kier alpha value is -2.37.